The van der Waals surface area contributed by atoms with E-state index in [2.05, 4.69) is 4.65 Å². The van der Waals surface area contributed by atoms with E-state index in [1.807, 2.05) is 0 Å². The molecule has 0 saturated heterocycles. The van der Waals surface area contributed by atoms with E-state index in [-0.39, 0.29) is 37.7 Å². The Morgan fingerprint density at radius 2 is 1.64 bits per heavy atom. The van der Waals surface area contributed by atoms with Gasteiger partial charge in [0.25, 0.3) is 0 Å². The molecule has 11 heavy (non-hydrogen) atoms. The maximum absolute atomic E-state index is 9.92. The van der Waals surface area contributed by atoms with Crippen molar-refractivity contribution >= 4 is 45.1 Å². The molecule has 5 heteroatoms. The quantitative estimate of drug-likeness (QED) is 0.509. The van der Waals surface area contributed by atoms with Crippen LogP contribution in [-0.4, -0.2) is 45.1 Å². The van der Waals surface area contributed by atoms with Crippen molar-refractivity contribution in [3.05, 3.63) is 30.3 Å². The summed E-state index contributed by atoms with van der Waals surface area (Å²) in [6.45, 7) is 0. The van der Waals surface area contributed by atoms with Crippen molar-refractivity contribution in [3.8, 4) is 5.75 Å². The van der Waals surface area contributed by atoms with Gasteiger partial charge in [-0.3, -0.25) is 0 Å². The van der Waals surface area contributed by atoms with Crippen molar-refractivity contribution in [3.63, 3.8) is 0 Å². The smallest absolute Gasteiger partial charge is 0.860 e. The summed E-state index contributed by atoms with van der Waals surface area (Å²) in [5, 5.41) is 19.8. The van der Waals surface area contributed by atoms with Gasteiger partial charge in [-0.15, -0.1) is 0 Å². The maximum atomic E-state index is 9.92. The first-order valence-electron chi connectivity index (χ1n) is 2.82. The van der Waals surface area contributed by atoms with Gasteiger partial charge in [-0.25, -0.2) is 0 Å². The molecule has 0 aromatic heterocycles. The largest absolute Gasteiger partial charge is 2.00 e. The molecular formula is C6H5BCaO3. The molecule has 0 unspecified atom stereocenters. The van der Waals surface area contributed by atoms with E-state index in [0.717, 1.165) is 0 Å². The summed E-state index contributed by atoms with van der Waals surface area (Å²) in [6, 6.07) is 8.28. The zero-order chi connectivity index (χ0) is 7.40. The molecule has 0 aliphatic rings. The van der Waals surface area contributed by atoms with Gasteiger partial charge in [0.05, 0.1) is 5.75 Å². The SMILES string of the molecule is [Ca+2].[O-]B([O-])Oc1ccccc1. The second-order valence-corrected chi connectivity index (χ2v) is 1.72. The van der Waals surface area contributed by atoms with Crippen LogP contribution in [0.5, 0.6) is 5.75 Å². The fourth-order valence-corrected chi connectivity index (χ4v) is 0.610. The average molecular weight is 176 g/mol. The van der Waals surface area contributed by atoms with E-state index < -0.39 is 7.32 Å². The zero-order valence-electron chi connectivity index (χ0n) is 5.90. The fraction of sp³-hybridized carbons (Fsp3) is 0. The van der Waals surface area contributed by atoms with E-state index >= 15 is 0 Å². The minimum Gasteiger partial charge on any atom is -0.860 e. The molecule has 0 atom stereocenters. The van der Waals surface area contributed by atoms with Crippen LogP contribution in [0.3, 0.4) is 0 Å². The van der Waals surface area contributed by atoms with Crippen LogP contribution in [0.1, 0.15) is 0 Å². The van der Waals surface area contributed by atoms with Gasteiger partial charge in [0.15, 0.2) is 0 Å². The molecule has 0 bridgehead atoms. The second-order valence-electron chi connectivity index (χ2n) is 1.72. The van der Waals surface area contributed by atoms with Crippen LogP contribution in [0, 0.1) is 0 Å². The van der Waals surface area contributed by atoms with Crippen LogP contribution in [-0.2, 0) is 0 Å². The molecule has 0 radical (unpaired) electrons. The number of para-hydroxylation sites is 1. The molecule has 0 amide bonds. The Hall–Kier alpha value is 0.265. The molecule has 1 rings (SSSR count). The van der Waals surface area contributed by atoms with E-state index in [0.29, 0.717) is 5.75 Å². The van der Waals surface area contributed by atoms with Gasteiger partial charge in [0, 0.05) is 0 Å². The fourth-order valence-electron chi connectivity index (χ4n) is 0.610. The molecule has 52 valence electrons. The molecule has 0 heterocycles. The number of hydrogen-bond donors (Lipinski definition) is 0. The number of benzene rings is 1. The van der Waals surface area contributed by atoms with Crippen molar-refractivity contribution in [2.75, 3.05) is 0 Å². The molecule has 3 nitrogen and oxygen atoms in total. The third kappa shape index (κ3) is 4.66. The summed E-state index contributed by atoms with van der Waals surface area (Å²) >= 11 is 0. The Morgan fingerprint density at radius 3 is 2.09 bits per heavy atom. The van der Waals surface area contributed by atoms with Gasteiger partial charge >= 0.3 is 37.7 Å². The first-order valence-corrected chi connectivity index (χ1v) is 2.82. The van der Waals surface area contributed by atoms with Gasteiger partial charge < -0.3 is 14.7 Å². The van der Waals surface area contributed by atoms with Crippen molar-refractivity contribution in [2.24, 2.45) is 0 Å². The van der Waals surface area contributed by atoms with Crippen LogP contribution in [0.15, 0.2) is 30.3 Å². The first kappa shape index (κ1) is 11.3. The van der Waals surface area contributed by atoms with Crippen LogP contribution in [0.25, 0.3) is 0 Å². The summed E-state index contributed by atoms with van der Waals surface area (Å²) in [5.41, 5.74) is 0. The molecular weight excluding hydrogens is 171 g/mol. The van der Waals surface area contributed by atoms with Crippen molar-refractivity contribution < 1.29 is 14.7 Å². The Labute approximate surface area is 95.2 Å². The van der Waals surface area contributed by atoms with Gasteiger partial charge in [-0.2, -0.15) is 0 Å². The molecule has 0 fully saturated rings. The topological polar surface area (TPSA) is 55.3 Å². The van der Waals surface area contributed by atoms with Gasteiger partial charge in [-0.05, 0) is 12.1 Å². The second kappa shape index (κ2) is 5.86. The molecule has 0 aliphatic heterocycles. The van der Waals surface area contributed by atoms with Crippen LogP contribution in [0.4, 0.5) is 0 Å². The van der Waals surface area contributed by atoms with Crippen LogP contribution in [0.2, 0.25) is 0 Å². The van der Waals surface area contributed by atoms with Crippen LogP contribution < -0.4 is 14.7 Å². The average Bonchev–Trinajstić information content (AvgIpc) is 1.88. The minimum absolute atomic E-state index is 0. The predicted molar refractivity (Wildman–Crippen MR) is 38.6 cm³/mol. The Bertz CT molecular complexity index is 192. The zero-order valence-corrected chi connectivity index (χ0v) is 8.10. The predicted octanol–water partition coefficient (Wildman–Crippen LogP) is -1.61. The summed E-state index contributed by atoms with van der Waals surface area (Å²) in [7, 11) is -2.23. The van der Waals surface area contributed by atoms with E-state index in [1.54, 1.807) is 30.3 Å². The molecule has 0 N–H and O–H groups in total. The minimum atomic E-state index is -2.23. The summed E-state index contributed by atoms with van der Waals surface area (Å²) in [5.74, 6) is 0.317. The first-order chi connectivity index (χ1) is 4.79. The number of hydrogen-bond acceptors (Lipinski definition) is 3. The molecule has 1 aromatic carbocycles. The Balaban J connectivity index is 0.000001000. The van der Waals surface area contributed by atoms with Crippen molar-refractivity contribution in [1.82, 2.24) is 0 Å². The van der Waals surface area contributed by atoms with E-state index in [9.17, 15) is 10.0 Å². The monoisotopic (exact) mass is 176 g/mol. The molecule has 0 saturated carbocycles. The van der Waals surface area contributed by atoms with Gasteiger partial charge in [0.2, 0.25) is 0 Å². The summed E-state index contributed by atoms with van der Waals surface area (Å²) in [6.07, 6.45) is 0. The normalized spacial score (nSPS) is 8.18. The third-order valence-electron chi connectivity index (χ3n) is 0.976. The summed E-state index contributed by atoms with van der Waals surface area (Å²) < 4.78 is 4.30. The third-order valence-corrected chi connectivity index (χ3v) is 0.976. The molecule has 1 aromatic rings. The van der Waals surface area contributed by atoms with E-state index in [1.165, 1.54) is 0 Å². The molecule has 0 aliphatic carbocycles. The van der Waals surface area contributed by atoms with Crippen molar-refractivity contribution in [1.29, 1.82) is 0 Å². The standard InChI is InChI=1S/C6H5BO3.Ca/c8-7(9)10-6-4-2-1-3-5-6;/h1-5H;/q-2;+2. The number of rotatable bonds is 2. The van der Waals surface area contributed by atoms with Gasteiger partial charge in [0.1, 0.15) is 7.32 Å². The maximum Gasteiger partial charge on any atom is 2.00 e. The van der Waals surface area contributed by atoms with E-state index in [4.69, 9.17) is 0 Å². The summed E-state index contributed by atoms with van der Waals surface area (Å²) in [4.78, 5) is 0. The van der Waals surface area contributed by atoms with Crippen LogP contribution >= 0.6 is 0 Å². The molecule has 0 spiro atoms. The van der Waals surface area contributed by atoms with Gasteiger partial charge in [-0.1, -0.05) is 18.2 Å². The Kier molecular flexibility index (Phi) is 6.00. The Morgan fingerprint density at radius 1 is 1.09 bits per heavy atom. The van der Waals surface area contributed by atoms with Crippen molar-refractivity contribution in [2.45, 2.75) is 0 Å².